The molecule has 0 saturated heterocycles. The molecule has 88 valence electrons. The van der Waals surface area contributed by atoms with Crippen LogP contribution >= 0.6 is 0 Å². The molecule has 2 rings (SSSR count). The first-order valence-corrected chi connectivity index (χ1v) is 6.25. The Morgan fingerprint density at radius 3 is 3.00 bits per heavy atom. The van der Waals surface area contributed by atoms with Crippen molar-refractivity contribution in [1.29, 1.82) is 0 Å². The summed E-state index contributed by atoms with van der Waals surface area (Å²) in [4.78, 5) is 4.48. The number of pyridine rings is 1. The summed E-state index contributed by atoms with van der Waals surface area (Å²) >= 11 is 0. The van der Waals surface area contributed by atoms with Crippen LogP contribution in [0.15, 0.2) is 18.3 Å². The maximum absolute atomic E-state index is 5.65. The third-order valence-electron chi connectivity index (χ3n) is 3.40. The van der Waals surface area contributed by atoms with E-state index in [2.05, 4.69) is 23.4 Å². The smallest absolute Gasteiger partial charge is 0.0635 e. The van der Waals surface area contributed by atoms with Gasteiger partial charge in [-0.05, 0) is 36.8 Å². The molecule has 1 aliphatic carbocycles. The van der Waals surface area contributed by atoms with E-state index in [9.17, 15) is 0 Å². The van der Waals surface area contributed by atoms with E-state index >= 15 is 0 Å². The van der Waals surface area contributed by atoms with E-state index in [4.69, 9.17) is 5.84 Å². The lowest BCUT2D eigenvalue weighted by Crippen LogP contribution is -2.29. The van der Waals surface area contributed by atoms with Gasteiger partial charge in [0.05, 0.1) is 11.7 Å². The van der Waals surface area contributed by atoms with Crippen LogP contribution in [0.2, 0.25) is 0 Å². The fourth-order valence-corrected chi connectivity index (χ4v) is 2.17. The quantitative estimate of drug-likeness (QED) is 0.570. The standard InChI is InChI=1S/C13H21N3/c1-2-11-4-3-9-15-13(11)12(16-14)8-7-10-5-6-10/h3-4,9-10,12,16H,2,5-8,14H2,1H3. The van der Waals surface area contributed by atoms with Crippen molar-refractivity contribution in [3.63, 3.8) is 0 Å². The average molecular weight is 219 g/mol. The summed E-state index contributed by atoms with van der Waals surface area (Å²) in [7, 11) is 0. The number of hydrogen-bond donors (Lipinski definition) is 2. The second-order valence-corrected chi connectivity index (χ2v) is 4.64. The van der Waals surface area contributed by atoms with Gasteiger partial charge in [0.1, 0.15) is 0 Å². The third-order valence-corrected chi connectivity index (χ3v) is 3.40. The minimum atomic E-state index is 0.219. The molecule has 0 spiro atoms. The molecule has 16 heavy (non-hydrogen) atoms. The first-order chi connectivity index (χ1) is 7.85. The monoisotopic (exact) mass is 219 g/mol. The van der Waals surface area contributed by atoms with Crippen molar-refractivity contribution in [3.8, 4) is 0 Å². The van der Waals surface area contributed by atoms with Crippen molar-refractivity contribution >= 4 is 0 Å². The molecule has 1 aliphatic rings. The van der Waals surface area contributed by atoms with Gasteiger partial charge in [0.2, 0.25) is 0 Å². The van der Waals surface area contributed by atoms with E-state index < -0.39 is 0 Å². The Kier molecular flexibility index (Phi) is 3.91. The summed E-state index contributed by atoms with van der Waals surface area (Å²) < 4.78 is 0. The van der Waals surface area contributed by atoms with Gasteiger partial charge in [-0.3, -0.25) is 16.3 Å². The van der Waals surface area contributed by atoms with Crippen molar-refractivity contribution < 1.29 is 0 Å². The predicted octanol–water partition coefficient (Wildman–Crippen LogP) is 2.34. The minimum Gasteiger partial charge on any atom is -0.271 e. The molecule has 1 heterocycles. The number of nitrogens with one attached hydrogen (secondary N) is 1. The van der Waals surface area contributed by atoms with E-state index in [0.717, 1.165) is 24.5 Å². The van der Waals surface area contributed by atoms with Gasteiger partial charge in [0, 0.05) is 6.20 Å². The molecule has 0 aromatic carbocycles. The van der Waals surface area contributed by atoms with Crippen LogP contribution in [-0.4, -0.2) is 4.98 Å². The zero-order chi connectivity index (χ0) is 11.4. The third kappa shape index (κ3) is 2.80. The van der Waals surface area contributed by atoms with Gasteiger partial charge in [-0.1, -0.05) is 25.8 Å². The molecular weight excluding hydrogens is 198 g/mol. The van der Waals surface area contributed by atoms with Crippen LogP contribution in [-0.2, 0) is 6.42 Å². The van der Waals surface area contributed by atoms with E-state index in [1.165, 1.54) is 24.8 Å². The van der Waals surface area contributed by atoms with Crippen LogP contribution in [0.1, 0.15) is 49.9 Å². The highest BCUT2D eigenvalue weighted by molar-refractivity contribution is 5.22. The van der Waals surface area contributed by atoms with Crippen molar-refractivity contribution in [2.75, 3.05) is 0 Å². The van der Waals surface area contributed by atoms with Crippen LogP contribution < -0.4 is 11.3 Å². The number of aryl methyl sites for hydroxylation is 1. The predicted molar refractivity (Wildman–Crippen MR) is 65.6 cm³/mol. The van der Waals surface area contributed by atoms with Gasteiger partial charge in [0.25, 0.3) is 0 Å². The zero-order valence-corrected chi connectivity index (χ0v) is 9.95. The number of rotatable bonds is 6. The average Bonchev–Trinajstić information content (AvgIpc) is 3.14. The molecular formula is C13H21N3. The van der Waals surface area contributed by atoms with E-state index in [-0.39, 0.29) is 6.04 Å². The molecule has 0 bridgehead atoms. The Balaban J connectivity index is 2.04. The molecule has 1 unspecified atom stereocenters. The van der Waals surface area contributed by atoms with Crippen molar-refractivity contribution in [2.45, 2.75) is 45.1 Å². The summed E-state index contributed by atoms with van der Waals surface area (Å²) in [5, 5.41) is 0. The van der Waals surface area contributed by atoms with Gasteiger partial charge in [-0.2, -0.15) is 0 Å². The zero-order valence-electron chi connectivity index (χ0n) is 9.95. The Morgan fingerprint density at radius 2 is 2.38 bits per heavy atom. The van der Waals surface area contributed by atoms with Crippen molar-refractivity contribution in [3.05, 3.63) is 29.6 Å². The van der Waals surface area contributed by atoms with Gasteiger partial charge in [-0.15, -0.1) is 0 Å². The molecule has 1 aromatic rings. The minimum absolute atomic E-state index is 0.219. The van der Waals surface area contributed by atoms with Crippen LogP contribution in [0.3, 0.4) is 0 Å². The van der Waals surface area contributed by atoms with Gasteiger partial charge in [0.15, 0.2) is 0 Å². The normalized spacial score (nSPS) is 17.4. The lowest BCUT2D eigenvalue weighted by molar-refractivity contribution is 0.469. The Bertz CT molecular complexity index is 334. The summed E-state index contributed by atoms with van der Waals surface area (Å²) in [5.74, 6) is 6.59. The Labute approximate surface area is 97.4 Å². The molecule has 1 atom stereocenters. The summed E-state index contributed by atoms with van der Waals surface area (Å²) in [6.45, 7) is 2.16. The number of nitrogens with two attached hydrogens (primary N) is 1. The molecule has 1 saturated carbocycles. The number of nitrogens with zero attached hydrogens (tertiary/aromatic N) is 1. The summed E-state index contributed by atoms with van der Waals surface area (Å²) in [6.07, 6.45) is 8.06. The van der Waals surface area contributed by atoms with Crippen LogP contribution in [0.5, 0.6) is 0 Å². The molecule has 0 radical (unpaired) electrons. The highest BCUT2D eigenvalue weighted by Crippen LogP contribution is 2.35. The Morgan fingerprint density at radius 1 is 1.56 bits per heavy atom. The number of aromatic nitrogens is 1. The number of hydrogen-bond acceptors (Lipinski definition) is 3. The first-order valence-electron chi connectivity index (χ1n) is 6.25. The molecule has 0 amide bonds. The van der Waals surface area contributed by atoms with Crippen LogP contribution in [0.25, 0.3) is 0 Å². The van der Waals surface area contributed by atoms with Gasteiger partial charge in [-0.25, -0.2) is 0 Å². The largest absolute Gasteiger partial charge is 0.271 e. The first kappa shape index (κ1) is 11.6. The topological polar surface area (TPSA) is 50.9 Å². The number of hydrazine groups is 1. The van der Waals surface area contributed by atoms with E-state index in [0.29, 0.717) is 0 Å². The summed E-state index contributed by atoms with van der Waals surface area (Å²) in [5.41, 5.74) is 5.35. The molecule has 3 nitrogen and oxygen atoms in total. The highest BCUT2D eigenvalue weighted by Gasteiger charge is 2.23. The highest BCUT2D eigenvalue weighted by atomic mass is 15.2. The Hall–Kier alpha value is -0.930. The molecule has 1 aromatic heterocycles. The molecule has 3 heteroatoms. The van der Waals surface area contributed by atoms with Gasteiger partial charge < -0.3 is 0 Å². The lowest BCUT2D eigenvalue weighted by atomic mass is 10.0. The second kappa shape index (κ2) is 5.41. The maximum atomic E-state index is 5.65. The van der Waals surface area contributed by atoms with Crippen molar-refractivity contribution in [1.82, 2.24) is 10.4 Å². The van der Waals surface area contributed by atoms with E-state index in [1.807, 2.05) is 12.3 Å². The molecule has 3 N–H and O–H groups in total. The maximum Gasteiger partial charge on any atom is 0.0635 e. The second-order valence-electron chi connectivity index (χ2n) is 4.64. The van der Waals surface area contributed by atoms with Crippen molar-refractivity contribution in [2.24, 2.45) is 11.8 Å². The molecule has 1 fully saturated rings. The fraction of sp³-hybridized carbons (Fsp3) is 0.615. The van der Waals surface area contributed by atoms with Gasteiger partial charge >= 0.3 is 0 Å². The SMILES string of the molecule is CCc1cccnc1C(CCC1CC1)NN. The molecule has 0 aliphatic heterocycles. The fourth-order valence-electron chi connectivity index (χ4n) is 2.17. The van der Waals surface area contributed by atoms with E-state index in [1.54, 1.807) is 0 Å². The van der Waals surface area contributed by atoms with Crippen LogP contribution in [0, 0.1) is 5.92 Å². The summed E-state index contributed by atoms with van der Waals surface area (Å²) in [6, 6.07) is 4.36. The van der Waals surface area contributed by atoms with Crippen LogP contribution in [0.4, 0.5) is 0 Å². The lowest BCUT2D eigenvalue weighted by Gasteiger charge is -2.17.